The minimum atomic E-state index is -3.45. The third-order valence-electron chi connectivity index (χ3n) is 3.32. The highest BCUT2D eigenvalue weighted by Gasteiger charge is 2.29. The molecule has 0 aromatic heterocycles. The van der Waals surface area contributed by atoms with E-state index >= 15 is 0 Å². The van der Waals surface area contributed by atoms with Gasteiger partial charge in [-0.3, -0.25) is 0 Å². The van der Waals surface area contributed by atoms with Crippen LogP contribution in [0.3, 0.4) is 0 Å². The summed E-state index contributed by atoms with van der Waals surface area (Å²) < 4.78 is 26.9. The van der Waals surface area contributed by atoms with Crippen molar-refractivity contribution >= 4 is 10.0 Å². The molecule has 1 fully saturated rings. The van der Waals surface area contributed by atoms with Crippen molar-refractivity contribution in [3.63, 3.8) is 0 Å². The van der Waals surface area contributed by atoms with Crippen LogP contribution in [0.1, 0.15) is 30.9 Å². The predicted molar refractivity (Wildman–Crippen MR) is 68.4 cm³/mol. The Labute approximate surface area is 108 Å². The minimum absolute atomic E-state index is 0.0564. The van der Waals surface area contributed by atoms with Gasteiger partial charge in [0.1, 0.15) is 0 Å². The van der Waals surface area contributed by atoms with Gasteiger partial charge in [-0.2, -0.15) is 5.26 Å². The molecule has 0 radical (unpaired) electrons. The second-order valence-corrected chi connectivity index (χ2v) is 6.70. The Hall–Kier alpha value is -1.38. The van der Waals surface area contributed by atoms with Gasteiger partial charge >= 0.3 is 0 Å². The average molecular weight is 264 g/mol. The lowest BCUT2D eigenvalue weighted by atomic mass is 9.83. The van der Waals surface area contributed by atoms with E-state index in [0.29, 0.717) is 17.0 Å². The van der Waals surface area contributed by atoms with Gasteiger partial charge in [-0.25, -0.2) is 13.1 Å². The molecule has 5 heteroatoms. The number of rotatable bonds is 3. The zero-order chi connectivity index (χ0) is 13.3. The summed E-state index contributed by atoms with van der Waals surface area (Å²) in [7, 11) is -3.45. The van der Waals surface area contributed by atoms with E-state index < -0.39 is 10.0 Å². The lowest BCUT2D eigenvalue weighted by Gasteiger charge is -2.32. The number of hydrogen-bond acceptors (Lipinski definition) is 3. The number of nitriles is 1. The van der Waals surface area contributed by atoms with E-state index in [1.165, 1.54) is 6.07 Å². The van der Waals surface area contributed by atoms with E-state index in [1.54, 1.807) is 19.1 Å². The molecule has 0 heterocycles. The molecule has 0 atom stereocenters. The summed E-state index contributed by atoms with van der Waals surface area (Å²) in [6.45, 7) is 3.85. The summed E-state index contributed by atoms with van der Waals surface area (Å²) in [6, 6.07) is 6.66. The molecule has 1 aromatic rings. The molecule has 0 saturated heterocycles. The summed E-state index contributed by atoms with van der Waals surface area (Å²) >= 11 is 0. The van der Waals surface area contributed by atoms with Crippen LogP contribution in [0.25, 0.3) is 0 Å². The summed E-state index contributed by atoms with van der Waals surface area (Å²) in [5.74, 6) is 0.598. The van der Waals surface area contributed by atoms with Crippen LogP contribution in [-0.2, 0) is 10.0 Å². The molecular weight excluding hydrogens is 248 g/mol. The Bertz CT molecular complexity index is 596. The maximum Gasteiger partial charge on any atom is 0.240 e. The van der Waals surface area contributed by atoms with Gasteiger partial charge in [0.15, 0.2) is 0 Å². The summed E-state index contributed by atoms with van der Waals surface area (Å²) in [5.41, 5.74) is 1.19. The first-order valence-corrected chi connectivity index (χ1v) is 7.44. The molecule has 1 aliphatic carbocycles. The van der Waals surface area contributed by atoms with Gasteiger partial charge in [0.2, 0.25) is 10.0 Å². The number of sulfonamides is 1. The Morgan fingerprint density at radius 3 is 2.56 bits per heavy atom. The van der Waals surface area contributed by atoms with Gasteiger partial charge in [-0.05, 0) is 49.4 Å². The fourth-order valence-corrected chi connectivity index (χ4v) is 3.56. The van der Waals surface area contributed by atoms with Crippen molar-refractivity contribution in [3.8, 4) is 6.07 Å². The molecule has 4 nitrogen and oxygen atoms in total. The predicted octanol–water partition coefficient (Wildman–Crippen LogP) is 1.94. The Morgan fingerprint density at radius 1 is 1.39 bits per heavy atom. The smallest absolute Gasteiger partial charge is 0.208 e. The maximum atomic E-state index is 12.1. The van der Waals surface area contributed by atoms with Crippen molar-refractivity contribution in [2.45, 2.75) is 37.6 Å². The SMILES string of the molecule is Cc1cc(S(=O)(=O)NC2CC(C)C2)ccc1C#N. The van der Waals surface area contributed by atoms with Crippen LogP contribution in [0.5, 0.6) is 0 Å². The molecule has 96 valence electrons. The molecule has 0 aliphatic heterocycles. The van der Waals surface area contributed by atoms with Crippen molar-refractivity contribution < 1.29 is 8.42 Å². The van der Waals surface area contributed by atoms with Crippen molar-refractivity contribution in [1.82, 2.24) is 4.72 Å². The van der Waals surface area contributed by atoms with Crippen LogP contribution in [0.4, 0.5) is 0 Å². The topological polar surface area (TPSA) is 70.0 Å². The molecule has 1 aromatic carbocycles. The lowest BCUT2D eigenvalue weighted by Crippen LogP contribution is -2.43. The van der Waals surface area contributed by atoms with Gasteiger partial charge in [-0.1, -0.05) is 6.92 Å². The van der Waals surface area contributed by atoms with Crippen LogP contribution in [-0.4, -0.2) is 14.5 Å². The number of hydrogen-bond donors (Lipinski definition) is 1. The first-order valence-electron chi connectivity index (χ1n) is 5.95. The normalized spacial score (nSPS) is 23.2. The quantitative estimate of drug-likeness (QED) is 0.907. The second-order valence-electron chi connectivity index (χ2n) is 4.98. The molecule has 18 heavy (non-hydrogen) atoms. The summed E-state index contributed by atoms with van der Waals surface area (Å²) in [6.07, 6.45) is 1.79. The molecule has 0 unspecified atom stereocenters. The van der Waals surface area contributed by atoms with E-state index in [1.807, 2.05) is 6.07 Å². The molecule has 1 saturated carbocycles. The van der Waals surface area contributed by atoms with Crippen molar-refractivity contribution in [2.75, 3.05) is 0 Å². The van der Waals surface area contributed by atoms with Crippen molar-refractivity contribution in [3.05, 3.63) is 29.3 Å². The zero-order valence-electron chi connectivity index (χ0n) is 10.5. The van der Waals surface area contributed by atoms with E-state index in [2.05, 4.69) is 11.6 Å². The highest BCUT2D eigenvalue weighted by atomic mass is 32.2. The summed E-state index contributed by atoms with van der Waals surface area (Å²) in [5, 5.41) is 8.82. The first kappa shape index (κ1) is 13.1. The summed E-state index contributed by atoms with van der Waals surface area (Å²) in [4.78, 5) is 0.235. The van der Waals surface area contributed by atoms with Gasteiger partial charge < -0.3 is 0 Å². The van der Waals surface area contributed by atoms with Crippen LogP contribution in [0.2, 0.25) is 0 Å². The van der Waals surface area contributed by atoms with Gasteiger partial charge in [0.05, 0.1) is 16.5 Å². The third kappa shape index (κ3) is 2.55. The van der Waals surface area contributed by atoms with E-state index in [4.69, 9.17) is 5.26 Å². The van der Waals surface area contributed by atoms with Gasteiger partial charge in [-0.15, -0.1) is 0 Å². The molecule has 0 spiro atoms. The van der Waals surface area contributed by atoms with E-state index in [0.717, 1.165) is 12.8 Å². The van der Waals surface area contributed by atoms with Crippen LogP contribution < -0.4 is 4.72 Å². The first-order chi connectivity index (χ1) is 8.42. The number of nitrogens with zero attached hydrogens (tertiary/aromatic N) is 1. The number of aryl methyl sites for hydroxylation is 1. The van der Waals surface area contributed by atoms with Crippen molar-refractivity contribution in [2.24, 2.45) is 5.92 Å². The standard InChI is InChI=1S/C13H16N2O2S/c1-9-5-12(6-9)15-18(16,17)13-4-3-11(8-14)10(2)7-13/h3-4,7,9,12,15H,5-6H2,1-2H3. The maximum absolute atomic E-state index is 12.1. The number of nitrogens with one attached hydrogen (secondary N) is 1. The Kier molecular flexibility index (Phi) is 3.42. The molecule has 2 rings (SSSR count). The van der Waals surface area contributed by atoms with Gasteiger partial charge in [0, 0.05) is 6.04 Å². The van der Waals surface area contributed by atoms with Gasteiger partial charge in [0.25, 0.3) is 0 Å². The second kappa shape index (κ2) is 4.71. The van der Waals surface area contributed by atoms with Crippen LogP contribution in [0.15, 0.2) is 23.1 Å². The van der Waals surface area contributed by atoms with Crippen LogP contribution >= 0.6 is 0 Å². The molecule has 1 N–H and O–H groups in total. The van der Waals surface area contributed by atoms with Crippen LogP contribution in [0, 0.1) is 24.2 Å². The van der Waals surface area contributed by atoms with Crippen molar-refractivity contribution in [1.29, 1.82) is 5.26 Å². The fourth-order valence-electron chi connectivity index (χ4n) is 2.21. The Balaban J connectivity index is 2.20. The molecule has 0 bridgehead atoms. The highest BCUT2D eigenvalue weighted by molar-refractivity contribution is 7.89. The Morgan fingerprint density at radius 2 is 2.06 bits per heavy atom. The lowest BCUT2D eigenvalue weighted by molar-refractivity contribution is 0.270. The third-order valence-corrected chi connectivity index (χ3v) is 4.84. The molecule has 0 amide bonds. The molecular formula is C13H16N2O2S. The molecule has 1 aliphatic rings. The fraction of sp³-hybridized carbons (Fsp3) is 0.462. The minimum Gasteiger partial charge on any atom is -0.208 e. The van der Waals surface area contributed by atoms with E-state index in [-0.39, 0.29) is 10.9 Å². The zero-order valence-corrected chi connectivity index (χ0v) is 11.3. The average Bonchev–Trinajstić information content (AvgIpc) is 2.26. The number of benzene rings is 1. The van der Waals surface area contributed by atoms with E-state index in [9.17, 15) is 8.42 Å². The highest BCUT2D eigenvalue weighted by Crippen LogP contribution is 2.28. The monoisotopic (exact) mass is 264 g/mol. The largest absolute Gasteiger partial charge is 0.240 e.